The molecular formula is C23H31N5O3S. The Kier molecular flexibility index (Phi) is 6.95. The monoisotopic (exact) mass is 457 g/mol. The number of nitrogens with zero attached hydrogens (tertiary/aromatic N) is 4. The molecular weight excluding hydrogens is 426 g/mol. The molecule has 0 atom stereocenters. The molecule has 0 bridgehead atoms. The van der Waals surface area contributed by atoms with Gasteiger partial charge in [-0.3, -0.25) is 4.90 Å². The fraction of sp³-hybridized carbons (Fsp3) is 0.478. The largest absolute Gasteiger partial charge is 0.491 e. The Balaban J connectivity index is 1.31. The van der Waals surface area contributed by atoms with Crippen molar-refractivity contribution in [1.29, 1.82) is 0 Å². The van der Waals surface area contributed by atoms with Crippen molar-refractivity contribution in [2.75, 3.05) is 50.5 Å². The highest BCUT2D eigenvalue weighted by atomic mass is 32.2. The number of hydrogen-bond acceptors (Lipinski definition) is 7. The van der Waals surface area contributed by atoms with E-state index in [0.29, 0.717) is 5.75 Å². The summed E-state index contributed by atoms with van der Waals surface area (Å²) >= 11 is 0. The van der Waals surface area contributed by atoms with Gasteiger partial charge in [-0.05, 0) is 42.6 Å². The highest BCUT2D eigenvalue weighted by Gasteiger charge is 2.20. The van der Waals surface area contributed by atoms with Crippen LogP contribution in [0.5, 0.6) is 5.75 Å². The number of methoxy groups -OCH3 is 1. The molecule has 0 amide bonds. The van der Waals surface area contributed by atoms with E-state index in [1.807, 2.05) is 18.2 Å². The summed E-state index contributed by atoms with van der Waals surface area (Å²) in [5, 5.41) is 1.13. The van der Waals surface area contributed by atoms with Crippen LogP contribution >= 0.6 is 0 Å². The SMILES string of the molecule is CCS(=O)(=O)Cc1ccc2[nH]cc(CCCN3CCN(c4ncncc4OC)CC3)c2c1. The average Bonchev–Trinajstić information content (AvgIpc) is 3.21. The van der Waals surface area contributed by atoms with E-state index in [1.54, 1.807) is 26.6 Å². The lowest BCUT2D eigenvalue weighted by Crippen LogP contribution is -2.47. The zero-order valence-electron chi connectivity index (χ0n) is 18.7. The number of fused-ring (bicyclic) bond motifs is 1. The Morgan fingerprint density at radius 2 is 2.00 bits per heavy atom. The van der Waals surface area contributed by atoms with Gasteiger partial charge in [0, 0.05) is 49.0 Å². The molecule has 32 heavy (non-hydrogen) atoms. The van der Waals surface area contributed by atoms with Gasteiger partial charge in [0.15, 0.2) is 21.4 Å². The summed E-state index contributed by atoms with van der Waals surface area (Å²) in [4.78, 5) is 16.5. The van der Waals surface area contributed by atoms with Crippen LogP contribution in [0, 0.1) is 0 Å². The minimum atomic E-state index is -3.03. The third-order valence-corrected chi connectivity index (χ3v) is 7.78. The fourth-order valence-electron chi connectivity index (χ4n) is 4.25. The number of ether oxygens (including phenoxy) is 1. The third kappa shape index (κ3) is 5.21. The van der Waals surface area contributed by atoms with E-state index in [2.05, 4.69) is 30.9 Å². The first-order valence-corrected chi connectivity index (χ1v) is 12.9. The lowest BCUT2D eigenvalue weighted by atomic mass is 10.1. The molecule has 1 aliphatic rings. The Morgan fingerprint density at radius 1 is 1.19 bits per heavy atom. The van der Waals surface area contributed by atoms with Crippen molar-refractivity contribution < 1.29 is 13.2 Å². The first-order chi connectivity index (χ1) is 15.5. The van der Waals surface area contributed by atoms with Crippen LogP contribution < -0.4 is 9.64 Å². The van der Waals surface area contributed by atoms with Crippen LogP contribution in [0.15, 0.2) is 36.9 Å². The van der Waals surface area contributed by atoms with Gasteiger partial charge in [0.05, 0.1) is 19.1 Å². The maximum absolute atomic E-state index is 12.0. The van der Waals surface area contributed by atoms with Crippen molar-refractivity contribution in [2.45, 2.75) is 25.5 Å². The Morgan fingerprint density at radius 3 is 2.75 bits per heavy atom. The first kappa shape index (κ1) is 22.5. The first-order valence-electron chi connectivity index (χ1n) is 11.1. The molecule has 1 saturated heterocycles. The Labute approximate surface area is 189 Å². The number of aryl methyl sites for hydroxylation is 1. The topological polar surface area (TPSA) is 91.4 Å². The average molecular weight is 458 g/mol. The number of benzene rings is 1. The quantitative estimate of drug-likeness (QED) is 0.528. The second-order valence-electron chi connectivity index (χ2n) is 8.22. The van der Waals surface area contributed by atoms with Crippen molar-refractivity contribution in [1.82, 2.24) is 19.9 Å². The second-order valence-corrected chi connectivity index (χ2v) is 10.6. The van der Waals surface area contributed by atoms with Crippen LogP contribution in [0.3, 0.4) is 0 Å². The van der Waals surface area contributed by atoms with Crippen molar-refractivity contribution in [3.05, 3.63) is 48.0 Å². The number of H-pyrrole nitrogens is 1. The van der Waals surface area contributed by atoms with Crippen LogP contribution in [0.2, 0.25) is 0 Å². The van der Waals surface area contributed by atoms with Crippen molar-refractivity contribution in [3.8, 4) is 5.75 Å². The molecule has 8 nitrogen and oxygen atoms in total. The zero-order valence-corrected chi connectivity index (χ0v) is 19.6. The van der Waals surface area contributed by atoms with Crippen LogP contribution in [-0.2, 0) is 22.0 Å². The van der Waals surface area contributed by atoms with Gasteiger partial charge in [-0.15, -0.1) is 0 Å². The van der Waals surface area contributed by atoms with Crippen LogP contribution in [0.4, 0.5) is 5.82 Å². The standard InChI is InChI=1S/C23H31N5O3S/c1-3-32(29,30)16-18-6-7-21-20(13-18)19(14-25-21)5-4-8-27-9-11-28(12-10-27)23-22(31-2)15-24-17-26-23/h6-7,13-15,17,25H,3-5,8-12,16H2,1-2H3. The van der Waals surface area contributed by atoms with Gasteiger partial charge in [0.1, 0.15) is 6.33 Å². The van der Waals surface area contributed by atoms with Crippen molar-refractivity contribution in [2.24, 2.45) is 0 Å². The van der Waals surface area contributed by atoms with Gasteiger partial charge in [-0.1, -0.05) is 13.0 Å². The molecule has 3 aromatic rings. The molecule has 9 heteroatoms. The van der Waals surface area contributed by atoms with E-state index in [0.717, 1.165) is 67.8 Å². The van der Waals surface area contributed by atoms with Crippen LogP contribution in [0.25, 0.3) is 10.9 Å². The van der Waals surface area contributed by atoms with Gasteiger partial charge in [-0.2, -0.15) is 0 Å². The maximum atomic E-state index is 12.0. The number of anilines is 1. The van der Waals surface area contributed by atoms with Crippen molar-refractivity contribution in [3.63, 3.8) is 0 Å². The summed E-state index contributed by atoms with van der Waals surface area (Å²) in [7, 11) is -1.39. The number of hydrogen-bond donors (Lipinski definition) is 1. The molecule has 0 radical (unpaired) electrons. The number of nitrogens with one attached hydrogen (secondary N) is 1. The highest BCUT2D eigenvalue weighted by molar-refractivity contribution is 7.90. The van der Waals surface area contributed by atoms with Gasteiger partial charge in [0.2, 0.25) is 0 Å². The van der Waals surface area contributed by atoms with E-state index in [-0.39, 0.29) is 11.5 Å². The number of rotatable bonds is 9. The minimum absolute atomic E-state index is 0.103. The summed E-state index contributed by atoms with van der Waals surface area (Å²) in [6.45, 7) is 6.52. The zero-order chi connectivity index (χ0) is 22.6. The van der Waals surface area contributed by atoms with Crippen LogP contribution in [-0.4, -0.2) is 73.9 Å². The van der Waals surface area contributed by atoms with Gasteiger partial charge >= 0.3 is 0 Å². The molecule has 1 N–H and O–H groups in total. The van der Waals surface area contributed by atoms with Gasteiger partial charge in [-0.25, -0.2) is 18.4 Å². The summed E-state index contributed by atoms with van der Waals surface area (Å²) in [6, 6.07) is 5.92. The molecule has 172 valence electrons. The molecule has 0 saturated carbocycles. The van der Waals surface area contributed by atoms with Gasteiger partial charge < -0.3 is 14.6 Å². The lowest BCUT2D eigenvalue weighted by Gasteiger charge is -2.35. The predicted octanol–water partition coefficient (Wildman–Crippen LogP) is 2.66. The molecule has 1 fully saturated rings. The number of aromatic amines is 1. The molecule has 4 rings (SSSR count). The van der Waals surface area contributed by atoms with E-state index in [9.17, 15) is 8.42 Å². The van der Waals surface area contributed by atoms with E-state index in [4.69, 9.17) is 4.74 Å². The summed E-state index contributed by atoms with van der Waals surface area (Å²) in [6.07, 6.45) is 7.35. The van der Waals surface area contributed by atoms with Gasteiger partial charge in [0.25, 0.3) is 0 Å². The molecule has 3 heterocycles. The Hall–Kier alpha value is -2.65. The molecule has 0 spiro atoms. The fourth-order valence-corrected chi connectivity index (χ4v) is 5.14. The summed E-state index contributed by atoms with van der Waals surface area (Å²) < 4.78 is 29.4. The Bertz CT molecular complexity index is 1150. The van der Waals surface area contributed by atoms with Crippen molar-refractivity contribution >= 4 is 26.6 Å². The minimum Gasteiger partial charge on any atom is -0.491 e. The smallest absolute Gasteiger partial charge is 0.179 e. The number of sulfone groups is 1. The lowest BCUT2D eigenvalue weighted by molar-refractivity contribution is 0.253. The summed E-state index contributed by atoms with van der Waals surface area (Å²) in [5.41, 5.74) is 3.17. The molecule has 0 unspecified atom stereocenters. The third-order valence-electron chi connectivity index (χ3n) is 6.13. The number of aromatic nitrogens is 3. The summed E-state index contributed by atoms with van der Waals surface area (Å²) in [5.74, 6) is 1.85. The van der Waals surface area contributed by atoms with E-state index >= 15 is 0 Å². The molecule has 1 aliphatic heterocycles. The molecule has 0 aliphatic carbocycles. The van der Waals surface area contributed by atoms with Crippen LogP contribution in [0.1, 0.15) is 24.5 Å². The normalized spacial score (nSPS) is 15.4. The molecule has 2 aromatic heterocycles. The van der Waals surface area contributed by atoms with E-state index in [1.165, 1.54) is 5.56 Å². The van der Waals surface area contributed by atoms with E-state index < -0.39 is 9.84 Å². The molecule has 1 aromatic carbocycles. The highest BCUT2D eigenvalue weighted by Crippen LogP contribution is 2.25. The second kappa shape index (κ2) is 9.87. The number of piperazine rings is 1. The predicted molar refractivity (Wildman–Crippen MR) is 127 cm³/mol. The maximum Gasteiger partial charge on any atom is 0.179 e.